The summed E-state index contributed by atoms with van der Waals surface area (Å²) in [5, 5.41) is 8.63. The summed E-state index contributed by atoms with van der Waals surface area (Å²) in [5.41, 5.74) is 0.975. The lowest BCUT2D eigenvalue weighted by Gasteiger charge is -2.37. The molecule has 8 nitrogen and oxygen atoms in total. The van der Waals surface area contributed by atoms with Crippen molar-refractivity contribution in [2.45, 2.75) is 32.2 Å². The number of rotatable bonds is 4. The molecule has 2 amide bonds. The summed E-state index contributed by atoms with van der Waals surface area (Å²) in [6, 6.07) is 7.62. The molecule has 0 radical (unpaired) electrons. The van der Waals surface area contributed by atoms with Gasteiger partial charge < -0.3 is 9.80 Å². The first-order valence-corrected chi connectivity index (χ1v) is 10.9. The van der Waals surface area contributed by atoms with Crippen molar-refractivity contribution < 1.29 is 9.59 Å². The molecule has 2 saturated heterocycles. The molecule has 0 spiro atoms. The van der Waals surface area contributed by atoms with Gasteiger partial charge >= 0.3 is 0 Å². The number of piperidine rings is 1. The summed E-state index contributed by atoms with van der Waals surface area (Å²) in [6.45, 7) is 5.91. The molecule has 1 aromatic heterocycles. The number of hydrogen-bond acceptors (Lipinski definition) is 5. The van der Waals surface area contributed by atoms with Crippen LogP contribution in [0.15, 0.2) is 30.5 Å². The van der Waals surface area contributed by atoms with Crippen molar-refractivity contribution in [3.8, 4) is 5.69 Å². The first-order valence-electron chi connectivity index (χ1n) is 10.5. The van der Waals surface area contributed by atoms with Gasteiger partial charge in [0, 0.05) is 38.8 Å². The molecule has 0 N–H and O–H groups in total. The molecule has 9 heteroatoms. The minimum atomic E-state index is -0.149. The standard InChI is InChI=1S/C21H27ClN6O2/c1-16-6-4-5-9-27(16)20(29)15-25-10-12-26(13-11-25)21(30)18-14-28(24-23-18)19-8-3-2-7-17(19)22/h2-3,7-8,14,16H,4-6,9-13,15H2,1H3. The monoisotopic (exact) mass is 430 g/mol. The topological polar surface area (TPSA) is 74.6 Å². The zero-order valence-corrected chi connectivity index (χ0v) is 18.0. The average molecular weight is 431 g/mol. The highest BCUT2D eigenvalue weighted by Crippen LogP contribution is 2.19. The molecule has 0 aliphatic carbocycles. The first-order chi connectivity index (χ1) is 14.5. The second kappa shape index (κ2) is 9.14. The number of para-hydroxylation sites is 1. The van der Waals surface area contributed by atoms with Crippen LogP contribution in [0.3, 0.4) is 0 Å². The summed E-state index contributed by atoms with van der Waals surface area (Å²) in [5.74, 6) is 0.0496. The molecule has 3 heterocycles. The van der Waals surface area contributed by atoms with E-state index in [1.54, 1.807) is 17.2 Å². The van der Waals surface area contributed by atoms with Crippen molar-refractivity contribution in [1.29, 1.82) is 0 Å². The molecule has 2 aliphatic heterocycles. The molecule has 30 heavy (non-hydrogen) atoms. The van der Waals surface area contributed by atoms with Crippen molar-refractivity contribution in [3.63, 3.8) is 0 Å². The van der Waals surface area contributed by atoms with Crippen molar-refractivity contribution >= 4 is 23.4 Å². The fourth-order valence-corrected chi connectivity index (χ4v) is 4.36. The van der Waals surface area contributed by atoms with Crippen LogP contribution in [0.2, 0.25) is 5.02 Å². The third kappa shape index (κ3) is 4.49. The van der Waals surface area contributed by atoms with Crippen molar-refractivity contribution in [2.75, 3.05) is 39.3 Å². The van der Waals surface area contributed by atoms with Crippen LogP contribution in [-0.2, 0) is 4.79 Å². The highest BCUT2D eigenvalue weighted by molar-refractivity contribution is 6.32. The minimum Gasteiger partial charge on any atom is -0.339 e. The summed E-state index contributed by atoms with van der Waals surface area (Å²) in [7, 11) is 0. The van der Waals surface area contributed by atoms with Gasteiger partial charge in [0.1, 0.15) is 0 Å². The maximum atomic E-state index is 12.8. The van der Waals surface area contributed by atoms with Crippen molar-refractivity contribution in [1.82, 2.24) is 29.7 Å². The molecular formula is C21H27ClN6O2. The predicted molar refractivity (Wildman–Crippen MR) is 114 cm³/mol. The van der Waals surface area contributed by atoms with Gasteiger partial charge in [-0.3, -0.25) is 14.5 Å². The van der Waals surface area contributed by atoms with Gasteiger partial charge in [-0.15, -0.1) is 5.10 Å². The van der Waals surface area contributed by atoms with Crippen molar-refractivity contribution in [3.05, 3.63) is 41.2 Å². The lowest BCUT2D eigenvalue weighted by Crippen LogP contribution is -2.53. The van der Waals surface area contributed by atoms with E-state index in [1.165, 1.54) is 11.1 Å². The number of halogens is 1. The minimum absolute atomic E-state index is 0.149. The Kier molecular flexibility index (Phi) is 6.34. The maximum Gasteiger partial charge on any atom is 0.276 e. The Bertz CT molecular complexity index is 908. The van der Waals surface area contributed by atoms with Gasteiger partial charge in [0.05, 0.1) is 23.5 Å². The fourth-order valence-electron chi connectivity index (χ4n) is 4.14. The Hall–Kier alpha value is -2.45. The number of piperazine rings is 1. The number of nitrogens with zero attached hydrogens (tertiary/aromatic N) is 6. The van der Waals surface area contributed by atoms with E-state index in [1.807, 2.05) is 23.1 Å². The van der Waals surface area contributed by atoms with Crippen LogP contribution < -0.4 is 0 Å². The largest absolute Gasteiger partial charge is 0.339 e. The molecular weight excluding hydrogens is 404 g/mol. The van der Waals surface area contributed by atoms with Crippen LogP contribution in [-0.4, -0.2) is 86.8 Å². The average Bonchev–Trinajstić information content (AvgIpc) is 3.24. The number of likely N-dealkylation sites (tertiary alicyclic amines) is 1. The first kappa shape index (κ1) is 20.8. The predicted octanol–water partition coefficient (Wildman–Crippen LogP) is 2.08. The van der Waals surface area contributed by atoms with Gasteiger partial charge in [-0.05, 0) is 38.3 Å². The van der Waals surface area contributed by atoms with Crippen LogP contribution in [0.1, 0.15) is 36.7 Å². The van der Waals surface area contributed by atoms with E-state index in [0.717, 1.165) is 19.4 Å². The van der Waals surface area contributed by atoms with Gasteiger partial charge in [-0.25, -0.2) is 4.68 Å². The van der Waals surface area contributed by atoms with Gasteiger partial charge in [-0.1, -0.05) is 28.9 Å². The molecule has 160 valence electrons. The van der Waals surface area contributed by atoms with Gasteiger partial charge in [0.25, 0.3) is 5.91 Å². The second-order valence-electron chi connectivity index (χ2n) is 8.00. The number of benzene rings is 1. The quantitative estimate of drug-likeness (QED) is 0.742. The molecule has 1 unspecified atom stereocenters. The number of carbonyl (C=O) groups excluding carboxylic acids is 2. The highest BCUT2D eigenvalue weighted by Gasteiger charge is 2.28. The van der Waals surface area contributed by atoms with Crippen molar-refractivity contribution in [2.24, 2.45) is 0 Å². The van der Waals surface area contributed by atoms with E-state index in [-0.39, 0.29) is 11.8 Å². The fraction of sp³-hybridized carbons (Fsp3) is 0.524. The van der Waals surface area contributed by atoms with Crippen LogP contribution in [0.5, 0.6) is 0 Å². The van der Waals surface area contributed by atoms with Crippen LogP contribution in [0.4, 0.5) is 0 Å². The van der Waals surface area contributed by atoms with E-state index in [9.17, 15) is 9.59 Å². The molecule has 0 saturated carbocycles. The van der Waals surface area contributed by atoms with E-state index in [2.05, 4.69) is 22.1 Å². The van der Waals surface area contributed by atoms with E-state index in [0.29, 0.717) is 55.2 Å². The molecule has 2 aromatic rings. The molecule has 4 rings (SSSR count). The second-order valence-corrected chi connectivity index (χ2v) is 8.41. The SMILES string of the molecule is CC1CCCCN1C(=O)CN1CCN(C(=O)c2cn(-c3ccccc3Cl)nn2)CC1. The Morgan fingerprint density at radius 3 is 2.60 bits per heavy atom. The molecule has 1 atom stereocenters. The summed E-state index contributed by atoms with van der Waals surface area (Å²) in [6.07, 6.45) is 4.99. The third-order valence-electron chi connectivity index (χ3n) is 5.95. The van der Waals surface area contributed by atoms with Gasteiger partial charge in [0.15, 0.2) is 5.69 Å². The summed E-state index contributed by atoms with van der Waals surface area (Å²) < 4.78 is 1.52. The Morgan fingerprint density at radius 1 is 1.10 bits per heavy atom. The number of amides is 2. The zero-order valence-electron chi connectivity index (χ0n) is 17.2. The number of hydrogen-bond donors (Lipinski definition) is 0. The Morgan fingerprint density at radius 2 is 1.87 bits per heavy atom. The Labute approximate surface area is 181 Å². The number of carbonyl (C=O) groups is 2. The molecule has 2 aliphatic rings. The zero-order chi connectivity index (χ0) is 21.1. The highest BCUT2D eigenvalue weighted by atomic mass is 35.5. The van der Waals surface area contributed by atoms with Crippen LogP contribution in [0.25, 0.3) is 5.69 Å². The molecule has 1 aromatic carbocycles. The van der Waals surface area contributed by atoms with E-state index >= 15 is 0 Å². The smallest absolute Gasteiger partial charge is 0.276 e. The third-order valence-corrected chi connectivity index (χ3v) is 6.27. The normalized spacial score (nSPS) is 20.4. The summed E-state index contributed by atoms with van der Waals surface area (Å²) in [4.78, 5) is 31.4. The Balaban J connectivity index is 1.31. The van der Waals surface area contributed by atoms with E-state index < -0.39 is 0 Å². The number of aromatic nitrogens is 3. The van der Waals surface area contributed by atoms with Gasteiger partial charge in [-0.2, -0.15) is 0 Å². The maximum absolute atomic E-state index is 12.8. The van der Waals surface area contributed by atoms with E-state index in [4.69, 9.17) is 11.6 Å². The molecule has 0 bridgehead atoms. The lowest BCUT2D eigenvalue weighted by molar-refractivity contribution is -0.136. The van der Waals surface area contributed by atoms with Crippen LogP contribution >= 0.6 is 11.6 Å². The van der Waals surface area contributed by atoms with Gasteiger partial charge in [0.2, 0.25) is 5.91 Å². The molecule has 2 fully saturated rings. The summed E-state index contributed by atoms with van der Waals surface area (Å²) >= 11 is 6.20. The van der Waals surface area contributed by atoms with Crippen LogP contribution in [0, 0.1) is 0 Å². The lowest BCUT2D eigenvalue weighted by atomic mass is 10.0.